The highest BCUT2D eigenvalue weighted by molar-refractivity contribution is 6.04. The maximum absolute atomic E-state index is 12.7. The molecule has 2 aliphatic rings. The first-order valence-electron chi connectivity index (χ1n) is 11.4. The summed E-state index contributed by atoms with van der Waals surface area (Å²) in [6.07, 6.45) is 3.39. The van der Waals surface area contributed by atoms with Crippen LogP contribution in [0, 0.1) is 17.3 Å². The Kier molecular flexibility index (Phi) is 6.43. The molecule has 1 aromatic carbocycles. The first-order chi connectivity index (χ1) is 15.9. The van der Waals surface area contributed by atoms with Crippen LogP contribution in [0.4, 0.5) is 5.82 Å². The number of amides is 2. The van der Waals surface area contributed by atoms with E-state index in [1.165, 1.54) is 0 Å². The Morgan fingerprint density at radius 1 is 1.30 bits per heavy atom. The molecule has 1 aromatic heterocycles. The van der Waals surface area contributed by atoms with Gasteiger partial charge in [0.1, 0.15) is 17.1 Å². The van der Waals surface area contributed by atoms with Gasteiger partial charge in [0.25, 0.3) is 11.8 Å². The van der Waals surface area contributed by atoms with Crippen LogP contribution >= 0.6 is 0 Å². The number of aromatic nitrogens is 2. The van der Waals surface area contributed by atoms with E-state index in [9.17, 15) is 9.59 Å². The summed E-state index contributed by atoms with van der Waals surface area (Å²) in [7, 11) is 3.25. The molecule has 8 nitrogen and oxygen atoms in total. The molecule has 2 amide bonds. The van der Waals surface area contributed by atoms with E-state index in [0.29, 0.717) is 30.1 Å². The summed E-state index contributed by atoms with van der Waals surface area (Å²) in [5.74, 6) is 5.62. The van der Waals surface area contributed by atoms with Crippen molar-refractivity contribution in [1.82, 2.24) is 20.0 Å². The van der Waals surface area contributed by atoms with Gasteiger partial charge in [0.2, 0.25) is 0 Å². The van der Waals surface area contributed by atoms with Gasteiger partial charge in [-0.1, -0.05) is 37.1 Å². The quantitative estimate of drug-likeness (QED) is 0.683. The molecule has 1 spiro atoms. The van der Waals surface area contributed by atoms with E-state index in [0.717, 1.165) is 43.5 Å². The molecule has 0 atom stereocenters. The Morgan fingerprint density at radius 3 is 2.67 bits per heavy atom. The fourth-order valence-corrected chi connectivity index (χ4v) is 5.00. The van der Waals surface area contributed by atoms with Crippen LogP contribution in [0.2, 0.25) is 0 Å². The molecule has 3 N–H and O–H groups in total. The topological polar surface area (TPSA) is 102 Å². The van der Waals surface area contributed by atoms with Crippen molar-refractivity contribution in [3.05, 3.63) is 35.4 Å². The third-order valence-corrected chi connectivity index (χ3v) is 6.72. The molecule has 0 unspecified atom stereocenters. The van der Waals surface area contributed by atoms with E-state index in [2.05, 4.69) is 17.2 Å². The minimum absolute atomic E-state index is 0.0851. The normalized spacial score (nSPS) is 21.4. The highest BCUT2D eigenvalue weighted by Gasteiger charge is 2.51. The number of rotatable bonds is 5. The second-order valence-electron chi connectivity index (χ2n) is 8.96. The lowest BCUT2D eigenvalue weighted by Crippen LogP contribution is -2.42. The van der Waals surface area contributed by atoms with Gasteiger partial charge in [-0.25, -0.2) is 4.68 Å². The van der Waals surface area contributed by atoms with Crippen LogP contribution < -0.4 is 11.1 Å². The van der Waals surface area contributed by atoms with Gasteiger partial charge in [-0.3, -0.25) is 9.59 Å². The largest absolute Gasteiger partial charge is 0.383 e. The molecular weight excluding hydrogens is 418 g/mol. The maximum atomic E-state index is 12.7. The number of nitrogen functional groups attached to an aromatic ring is 1. The highest BCUT2D eigenvalue weighted by atomic mass is 16.5. The van der Waals surface area contributed by atoms with Crippen molar-refractivity contribution < 1.29 is 14.3 Å². The molecule has 2 heterocycles. The number of benzene rings is 1. The van der Waals surface area contributed by atoms with Crippen molar-refractivity contribution in [2.75, 3.05) is 33.0 Å². The predicted octanol–water partition coefficient (Wildman–Crippen LogP) is 2.61. The number of ether oxygens (including phenoxy) is 1. The molecule has 1 aliphatic heterocycles. The molecule has 0 bridgehead atoms. The zero-order chi connectivity index (χ0) is 23.6. The van der Waals surface area contributed by atoms with Crippen molar-refractivity contribution in [2.45, 2.75) is 45.3 Å². The summed E-state index contributed by atoms with van der Waals surface area (Å²) in [5.41, 5.74) is 9.40. The number of carbonyl (C=O) groups is 2. The average Bonchev–Trinajstić information content (AvgIpc) is 3.39. The lowest BCUT2D eigenvalue weighted by Gasteiger charge is -2.45. The van der Waals surface area contributed by atoms with Crippen LogP contribution in [0.3, 0.4) is 0 Å². The zero-order valence-electron chi connectivity index (χ0n) is 19.5. The van der Waals surface area contributed by atoms with Crippen LogP contribution in [0.15, 0.2) is 24.3 Å². The molecule has 1 saturated heterocycles. The van der Waals surface area contributed by atoms with Gasteiger partial charge < -0.3 is 20.7 Å². The van der Waals surface area contributed by atoms with Crippen LogP contribution in [0.5, 0.6) is 0 Å². The van der Waals surface area contributed by atoms with E-state index in [1.54, 1.807) is 18.8 Å². The summed E-state index contributed by atoms with van der Waals surface area (Å²) < 4.78 is 6.98. The molecule has 4 rings (SSSR count). The molecule has 0 radical (unpaired) electrons. The van der Waals surface area contributed by atoms with Gasteiger partial charge in [0.15, 0.2) is 0 Å². The van der Waals surface area contributed by atoms with E-state index >= 15 is 0 Å². The number of nitrogens with two attached hydrogens (primary N) is 1. The lowest BCUT2D eigenvalue weighted by molar-refractivity contribution is -0.125. The van der Waals surface area contributed by atoms with Crippen molar-refractivity contribution >= 4 is 17.6 Å². The molecular formula is C25H31N5O3. The third-order valence-electron chi connectivity index (χ3n) is 6.72. The predicted molar refractivity (Wildman–Crippen MR) is 126 cm³/mol. The first kappa shape index (κ1) is 22.9. The number of hydrogen-bond acceptors (Lipinski definition) is 5. The van der Waals surface area contributed by atoms with Crippen LogP contribution in [-0.4, -0.2) is 53.7 Å². The van der Waals surface area contributed by atoms with Gasteiger partial charge in [-0.15, -0.1) is 0 Å². The van der Waals surface area contributed by atoms with E-state index < -0.39 is 0 Å². The number of nitrogens with zero attached hydrogens (tertiary/aromatic N) is 3. The lowest BCUT2D eigenvalue weighted by atomic mass is 9.65. The highest BCUT2D eigenvalue weighted by Crippen LogP contribution is 2.54. The van der Waals surface area contributed by atoms with E-state index in [4.69, 9.17) is 15.6 Å². The Morgan fingerprint density at radius 2 is 2.03 bits per heavy atom. The number of carbonyl (C=O) groups excluding carboxylic acids is 2. The number of hydrogen-bond donors (Lipinski definition) is 2. The minimum atomic E-state index is -0.254. The molecule has 33 heavy (non-hydrogen) atoms. The number of nitrogens with one attached hydrogen (secondary N) is 1. The standard InChI is InChI=1S/C25H31N5O3/c1-4-5-6-20(31)29-12-11-25(16-29)13-19(14-25)30-23(26)21(24(32)27-2)22(28-30)18-9-7-17(8-10-18)15-33-3/h7-10,19H,4,11-16,26H2,1-3H3,(H,27,32). The molecule has 1 saturated carbocycles. The molecule has 1 aliphatic carbocycles. The minimum Gasteiger partial charge on any atom is -0.383 e. The Hall–Kier alpha value is -3.31. The maximum Gasteiger partial charge on any atom is 0.298 e. The van der Waals surface area contributed by atoms with Gasteiger partial charge >= 0.3 is 0 Å². The van der Waals surface area contributed by atoms with Gasteiger partial charge in [0.05, 0.1) is 12.6 Å². The van der Waals surface area contributed by atoms with Gasteiger partial charge in [-0.2, -0.15) is 5.10 Å². The van der Waals surface area contributed by atoms with Gasteiger partial charge in [-0.05, 0) is 36.2 Å². The average molecular weight is 450 g/mol. The van der Waals surface area contributed by atoms with Crippen molar-refractivity contribution in [1.29, 1.82) is 0 Å². The SMILES string of the molecule is CCC#CC(=O)N1CCC2(CC(n3nc(-c4ccc(COC)cc4)c(C(=O)NC)c3N)C2)C1. The van der Waals surface area contributed by atoms with Crippen LogP contribution in [0.1, 0.15) is 54.6 Å². The summed E-state index contributed by atoms with van der Waals surface area (Å²) in [5, 5.41) is 7.48. The van der Waals surface area contributed by atoms with Crippen molar-refractivity contribution in [3.8, 4) is 23.1 Å². The van der Waals surface area contributed by atoms with Gasteiger partial charge in [0, 0.05) is 39.2 Å². The Balaban J connectivity index is 1.55. The van der Waals surface area contributed by atoms with E-state index in [-0.39, 0.29) is 23.3 Å². The van der Waals surface area contributed by atoms with Crippen molar-refractivity contribution in [2.24, 2.45) is 5.41 Å². The molecule has 174 valence electrons. The van der Waals surface area contributed by atoms with E-state index in [1.807, 2.05) is 36.1 Å². The monoisotopic (exact) mass is 449 g/mol. The summed E-state index contributed by atoms with van der Waals surface area (Å²) in [6.45, 7) is 3.91. The van der Waals surface area contributed by atoms with Crippen LogP contribution in [-0.2, 0) is 16.1 Å². The fourth-order valence-electron chi connectivity index (χ4n) is 5.00. The second-order valence-corrected chi connectivity index (χ2v) is 8.96. The Labute approximate surface area is 194 Å². The summed E-state index contributed by atoms with van der Waals surface area (Å²) in [4.78, 5) is 26.8. The smallest absolute Gasteiger partial charge is 0.298 e. The number of likely N-dealkylation sites (tertiary alicyclic amines) is 1. The Bertz CT molecular complexity index is 1100. The fraction of sp³-hybridized carbons (Fsp3) is 0.480. The molecule has 8 heteroatoms. The zero-order valence-corrected chi connectivity index (χ0v) is 19.5. The first-order valence-corrected chi connectivity index (χ1v) is 11.4. The number of anilines is 1. The molecule has 2 fully saturated rings. The second kappa shape index (κ2) is 9.28. The summed E-state index contributed by atoms with van der Waals surface area (Å²) >= 11 is 0. The third kappa shape index (κ3) is 4.33. The summed E-state index contributed by atoms with van der Waals surface area (Å²) in [6, 6.07) is 7.91. The number of methoxy groups -OCH3 is 1. The van der Waals surface area contributed by atoms with Crippen molar-refractivity contribution in [3.63, 3.8) is 0 Å². The van der Waals surface area contributed by atoms with Crippen LogP contribution in [0.25, 0.3) is 11.3 Å². The molecule has 2 aromatic rings.